The monoisotopic (exact) mass is 394 g/mol. The highest BCUT2D eigenvalue weighted by molar-refractivity contribution is 6.00. The van der Waals surface area contributed by atoms with Crippen LogP contribution in [0.25, 0.3) is 11.1 Å². The van der Waals surface area contributed by atoms with Crippen LogP contribution in [0.3, 0.4) is 0 Å². The highest BCUT2D eigenvalue weighted by Crippen LogP contribution is 2.28. The Morgan fingerprint density at radius 1 is 1.14 bits per heavy atom. The number of imide groups is 1. The molecule has 0 saturated carbocycles. The molecule has 8 nitrogen and oxygen atoms in total. The van der Waals surface area contributed by atoms with Crippen molar-refractivity contribution in [1.82, 2.24) is 9.47 Å². The van der Waals surface area contributed by atoms with Crippen molar-refractivity contribution < 1.29 is 23.5 Å². The average molecular weight is 394 g/mol. The molecule has 1 fully saturated rings. The average Bonchev–Trinajstić information content (AvgIpc) is 3.06. The number of likely N-dealkylation sites (tertiary alicyclic amines) is 1. The normalized spacial score (nSPS) is 17.0. The van der Waals surface area contributed by atoms with E-state index in [-0.39, 0.29) is 30.9 Å². The van der Waals surface area contributed by atoms with Crippen LogP contribution < -0.4 is 10.5 Å². The summed E-state index contributed by atoms with van der Waals surface area (Å²) in [5.41, 5.74) is 1.78. The Morgan fingerprint density at radius 3 is 2.59 bits per heavy atom. The van der Waals surface area contributed by atoms with Crippen molar-refractivity contribution in [1.29, 1.82) is 0 Å². The van der Waals surface area contributed by atoms with Crippen LogP contribution in [0.5, 0.6) is 5.75 Å². The van der Waals surface area contributed by atoms with Crippen LogP contribution in [0.15, 0.2) is 51.7 Å². The second kappa shape index (κ2) is 7.38. The zero-order valence-corrected chi connectivity index (χ0v) is 15.7. The van der Waals surface area contributed by atoms with Gasteiger partial charge in [0.1, 0.15) is 18.1 Å². The van der Waals surface area contributed by atoms with Gasteiger partial charge in [0.2, 0.25) is 5.91 Å². The molecule has 1 unspecified atom stereocenters. The number of rotatable bonds is 5. The standard InChI is InChI=1S/C21H18N2O6/c1-28-15-5-2-13(3-6-15)11-22-19(25)9-8-17(20(22)26)23-16-7-4-14(12-24)10-18(16)29-21(23)27/h2-7,10,12,17H,8-9,11H2,1H3. The van der Waals surface area contributed by atoms with Crippen LogP contribution in [0.4, 0.5) is 0 Å². The Kier molecular flexibility index (Phi) is 4.75. The van der Waals surface area contributed by atoms with E-state index < -0.39 is 17.7 Å². The van der Waals surface area contributed by atoms with Crippen molar-refractivity contribution in [3.05, 3.63) is 64.1 Å². The molecule has 4 rings (SSSR count). The summed E-state index contributed by atoms with van der Waals surface area (Å²) < 4.78 is 11.6. The Morgan fingerprint density at radius 2 is 1.90 bits per heavy atom. The summed E-state index contributed by atoms with van der Waals surface area (Å²) in [6.45, 7) is 0.109. The van der Waals surface area contributed by atoms with Gasteiger partial charge in [-0.1, -0.05) is 12.1 Å². The van der Waals surface area contributed by atoms with Crippen LogP contribution in [-0.2, 0) is 16.1 Å². The molecule has 3 aromatic rings. The van der Waals surface area contributed by atoms with Crippen molar-refractivity contribution in [2.45, 2.75) is 25.4 Å². The van der Waals surface area contributed by atoms with E-state index in [9.17, 15) is 19.2 Å². The van der Waals surface area contributed by atoms with Gasteiger partial charge >= 0.3 is 5.76 Å². The van der Waals surface area contributed by atoms with Gasteiger partial charge in [-0.25, -0.2) is 4.79 Å². The number of aromatic nitrogens is 1. The summed E-state index contributed by atoms with van der Waals surface area (Å²) in [6.07, 6.45) is 0.997. The lowest BCUT2D eigenvalue weighted by molar-refractivity contribution is -0.151. The number of aldehydes is 1. The topological polar surface area (TPSA) is 98.8 Å². The lowest BCUT2D eigenvalue weighted by Crippen LogP contribution is -2.46. The van der Waals surface area contributed by atoms with Crippen LogP contribution >= 0.6 is 0 Å². The minimum absolute atomic E-state index is 0.109. The fourth-order valence-corrected chi connectivity index (χ4v) is 3.56. The highest BCUT2D eigenvalue weighted by Gasteiger charge is 2.37. The summed E-state index contributed by atoms with van der Waals surface area (Å²) in [4.78, 5) is 50.1. The van der Waals surface area contributed by atoms with Crippen molar-refractivity contribution in [3.63, 3.8) is 0 Å². The van der Waals surface area contributed by atoms with E-state index in [4.69, 9.17) is 9.15 Å². The lowest BCUT2D eigenvalue weighted by Gasteiger charge is -2.31. The number of fused-ring (bicyclic) bond motifs is 1. The predicted octanol–water partition coefficient (Wildman–Crippen LogP) is 2.31. The number of piperidine rings is 1. The molecular weight excluding hydrogens is 376 g/mol. The molecule has 2 aromatic carbocycles. The molecule has 8 heteroatoms. The maximum atomic E-state index is 13.1. The number of hydrogen-bond acceptors (Lipinski definition) is 6. The van der Waals surface area contributed by atoms with E-state index in [0.29, 0.717) is 23.1 Å². The Bertz CT molecular complexity index is 1160. The fourth-order valence-electron chi connectivity index (χ4n) is 3.56. The Labute approximate surface area is 165 Å². The molecule has 1 aliphatic rings. The lowest BCUT2D eigenvalue weighted by atomic mass is 10.0. The van der Waals surface area contributed by atoms with Gasteiger partial charge in [0, 0.05) is 12.0 Å². The first-order valence-electron chi connectivity index (χ1n) is 9.09. The molecule has 2 heterocycles. The smallest absolute Gasteiger partial charge is 0.420 e. The summed E-state index contributed by atoms with van der Waals surface area (Å²) in [5, 5.41) is 0. The van der Waals surface area contributed by atoms with Crippen LogP contribution in [0, 0.1) is 0 Å². The largest absolute Gasteiger partial charge is 0.497 e. The number of amides is 2. The second-order valence-corrected chi connectivity index (χ2v) is 6.80. The van der Waals surface area contributed by atoms with Crippen LogP contribution in [0.2, 0.25) is 0 Å². The number of oxazole rings is 1. The maximum absolute atomic E-state index is 13.1. The number of benzene rings is 2. The van der Waals surface area contributed by atoms with Gasteiger partial charge in [-0.3, -0.25) is 23.9 Å². The number of nitrogens with zero attached hydrogens (tertiary/aromatic N) is 2. The minimum atomic E-state index is -0.846. The first kappa shape index (κ1) is 18.7. The van der Waals surface area contributed by atoms with E-state index in [2.05, 4.69) is 0 Å². The quantitative estimate of drug-likeness (QED) is 0.486. The number of ether oxygens (including phenoxy) is 1. The molecule has 0 bridgehead atoms. The van der Waals surface area contributed by atoms with Crippen LogP contribution in [0.1, 0.15) is 34.8 Å². The Balaban J connectivity index is 1.67. The molecule has 1 aliphatic heterocycles. The zero-order valence-electron chi connectivity index (χ0n) is 15.7. The van der Waals surface area contributed by atoms with E-state index in [1.54, 1.807) is 43.5 Å². The molecule has 148 valence electrons. The van der Waals surface area contributed by atoms with Gasteiger partial charge in [0.05, 0.1) is 19.2 Å². The summed E-state index contributed by atoms with van der Waals surface area (Å²) >= 11 is 0. The number of carbonyl (C=O) groups is 3. The van der Waals surface area contributed by atoms with Gasteiger partial charge in [-0.2, -0.15) is 0 Å². The Hall–Kier alpha value is -3.68. The van der Waals surface area contributed by atoms with Crippen molar-refractivity contribution in [2.75, 3.05) is 7.11 Å². The molecule has 0 spiro atoms. The second-order valence-electron chi connectivity index (χ2n) is 6.80. The molecule has 0 aliphatic carbocycles. The molecule has 2 amide bonds. The summed E-state index contributed by atoms with van der Waals surface area (Å²) in [6, 6.07) is 10.8. The number of hydrogen-bond donors (Lipinski definition) is 0. The highest BCUT2D eigenvalue weighted by atomic mass is 16.5. The zero-order chi connectivity index (χ0) is 20.5. The summed E-state index contributed by atoms with van der Waals surface area (Å²) in [5.74, 6) is -0.762. The maximum Gasteiger partial charge on any atom is 0.420 e. The van der Waals surface area contributed by atoms with Gasteiger partial charge in [0.15, 0.2) is 5.58 Å². The van der Waals surface area contributed by atoms with E-state index in [0.717, 1.165) is 5.56 Å². The van der Waals surface area contributed by atoms with Gasteiger partial charge in [-0.15, -0.1) is 0 Å². The number of methoxy groups -OCH3 is 1. The number of carbonyl (C=O) groups excluding carboxylic acids is 3. The first-order valence-corrected chi connectivity index (χ1v) is 9.09. The predicted molar refractivity (Wildman–Crippen MR) is 103 cm³/mol. The third-order valence-corrected chi connectivity index (χ3v) is 5.07. The molecular formula is C21H18N2O6. The third kappa shape index (κ3) is 3.33. The molecule has 0 N–H and O–H groups in total. The van der Waals surface area contributed by atoms with Gasteiger partial charge < -0.3 is 9.15 Å². The van der Waals surface area contributed by atoms with E-state index >= 15 is 0 Å². The SMILES string of the molecule is COc1ccc(CN2C(=O)CCC(n3c(=O)oc4cc(C=O)ccc43)C2=O)cc1. The van der Waals surface area contributed by atoms with Gasteiger partial charge in [0.25, 0.3) is 5.91 Å². The molecule has 29 heavy (non-hydrogen) atoms. The molecule has 1 aromatic heterocycles. The van der Waals surface area contributed by atoms with Crippen molar-refractivity contribution in [3.8, 4) is 5.75 Å². The summed E-state index contributed by atoms with van der Waals surface area (Å²) in [7, 11) is 1.56. The molecule has 1 saturated heterocycles. The van der Waals surface area contributed by atoms with Gasteiger partial charge in [-0.05, 0) is 42.3 Å². The minimum Gasteiger partial charge on any atom is -0.497 e. The molecule has 0 radical (unpaired) electrons. The van der Waals surface area contributed by atoms with Crippen molar-refractivity contribution >= 4 is 29.2 Å². The van der Waals surface area contributed by atoms with Crippen molar-refractivity contribution in [2.24, 2.45) is 0 Å². The van der Waals surface area contributed by atoms with E-state index in [1.807, 2.05) is 0 Å². The van der Waals surface area contributed by atoms with E-state index in [1.165, 1.54) is 15.5 Å². The first-order chi connectivity index (χ1) is 14.0. The van der Waals surface area contributed by atoms with Crippen LogP contribution in [-0.4, -0.2) is 34.7 Å². The molecule has 1 atom stereocenters. The third-order valence-electron chi connectivity index (χ3n) is 5.07. The fraction of sp³-hybridized carbons (Fsp3) is 0.238.